The number of nitriles is 1. The first-order chi connectivity index (χ1) is 12.7. The third-order valence-corrected chi connectivity index (χ3v) is 6.50. The highest BCUT2D eigenvalue weighted by Crippen LogP contribution is 2.44. The fourth-order valence-electron chi connectivity index (χ4n) is 3.49. The van der Waals surface area contributed by atoms with Crippen LogP contribution in [0.25, 0.3) is 6.08 Å². The Hall–Kier alpha value is -2.33. The Morgan fingerprint density at radius 2 is 2.12 bits per heavy atom. The van der Waals surface area contributed by atoms with Crippen molar-refractivity contribution in [3.8, 4) is 6.07 Å². The van der Waals surface area contributed by atoms with Gasteiger partial charge in [-0.05, 0) is 35.5 Å². The second-order valence-electron chi connectivity index (χ2n) is 6.28. The lowest BCUT2D eigenvalue weighted by Crippen LogP contribution is -2.37. The lowest BCUT2D eigenvalue weighted by Gasteiger charge is -2.37. The van der Waals surface area contributed by atoms with Crippen molar-refractivity contribution < 1.29 is 4.74 Å². The molecule has 4 heterocycles. The van der Waals surface area contributed by atoms with E-state index in [2.05, 4.69) is 41.5 Å². The molecule has 2 aromatic heterocycles. The van der Waals surface area contributed by atoms with Gasteiger partial charge in [-0.1, -0.05) is 19.1 Å². The summed E-state index contributed by atoms with van der Waals surface area (Å²) in [7, 11) is 0. The van der Waals surface area contributed by atoms with Gasteiger partial charge >= 0.3 is 0 Å². The largest absolute Gasteiger partial charge is 0.440 e. The van der Waals surface area contributed by atoms with Gasteiger partial charge in [-0.15, -0.1) is 22.7 Å². The second kappa shape index (κ2) is 7.12. The average Bonchev–Trinajstić information content (AvgIpc) is 3.34. The first-order valence-electron chi connectivity index (χ1n) is 8.52. The van der Waals surface area contributed by atoms with Gasteiger partial charge < -0.3 is 10.5 Å². The van der Waals surface area contributed by atoms with Crippen LogP contribution >= 0.6 is 22.7 Å². The Labute approximate surface area is 161 Å². The van der Waals surface area contributed by atoms with E-state index < -0.39 is 0 Å². The zero-order chi connectivity index (χ0) is 18.1. The minimum atomic E-state index is -0.121. The number of likely N-dealkylation sites (N-methyl/N-ethyl adjacent to an activating group) is 1. The van der Waals surface area contributed by atoms with Gasteiger partial charge in [0.2, 0.25) is 5.88 Å². The predicted octanol–water partition coefficient (Wildman–Crippen LogP) is 4.29. The van der Waals surface area contributed by atoms with E-state index in [-0.39, 0.29) is 11.8 Å². The topological polar surface area (TPSA) is 62.3 Å². The highest BCUT2D eigenvalue weighted by molar-refractivity contribution is 7.10. The number of ether oxygens (including phenoxy) is 1. The zero-order valence-corrected chi connectivity index (χ0v) is 16.1. The Morgan fingerprint density at radius 3 is 2.77 bits per heavy atom. The van der Waals surface area contributed by atoms with E-state index in [0.29, 0.717) is 5.57 Å². The molecule has 0 amide bonds. The molecule has 6 heteroatoms. The van der Waals surface area contributed by atoms with E-state index in [9.17, 15) is 5.26 Å². The van der Waals surface area contributed by atoms with Crippen LogP contribution in [0.1, 0.15) is 22.6 Å². The van der Waals surface area contributed by atoms with Crippen molar-refractivity contribution in [1.82, 2.24) is 4.90 Å². The molecule has 2 aromatic rings. The van der Waals surface area contributed by atoms with Gasteiger partial charge in [-0.3, -0.25) is 4.90 Å². The van der Waals surface area contributed by atoms with Crippen molar-refractivity contribution in [2.24, 2.45) is 5.73 Å². The Kier molecular flexibility index (Phi) is 4.68. The van der Waals surface area contributed by atoms with Crippen LogP contribution in [-0.2, 0) is 4.74 Å². The van der Waals surface area contributed by atoms with E-state index in [1.54, 1.807) is 22.7 Å². The Bertz CT molecular complexity index is 930. The third-order valence-electron chi connectivity index (χ3n) is 4.74. The molecule has 0 saturated heterocycles. The molecule has 4 rings (SSSR count). The average molecular weight is 382 g/mol. The smallest absolute Gasteiger partial charge is 0.205 e. The first kappa shape index (κ1) is 17.1. The number of hydrogen-bond acceptors (Lipinski definition) is 6. The lowest BCUT2D eigenvalue weighted by molar-refractivity contribution is 0.239. The van der Waals surface area contributed by atoms with Gasteiger partial charge in [0.25, 0.3) is 0 Å². The Balaban J connectivity index is 1.87. The maximum absolute atomic E-state index is 9.70. The fourth-order valence-corrected chi connectivity index (χ4v) is 5.04. The zero-order valence-electron chi connectivity index (χ0n) is 14.4. The lowest BCUT2D eigenvalue weighted by atomic mass is 9.84. The summed E-state index contributed by atoms with van der Waals surface area (Å²) in [5.74, 6) is 0.953. The van der Waals surface area contributed by atoms with Gasteiger partial charge in [0.15, 0.2) is 0 Å². The van der Waals surface area contributed by atoms with Crippen LogP contribution in [0.15, 0.2) is 63.4 Å². The summed E-state index contributed by atoms with van der Waals surface area (Å²) in [6, 6.07) is 10.5. The number of nitrogens with zero attached hydrogens (tertiary/aromatic N) is 2. The van der Waals surface area contributed by atoms with Crippen LogP contribution in [0.5, 0.6) is 0 Å². The molecule has 1 atom stereocenters. The van der Waals surface area contributed by atoms with Crippen LogP contribution in [0, 0.1) is 11.3 Å². The molecule has 2 N–H and O–H groups in total. The van der Waals surface area contributed by atoms with E-state index in [0.717, 1.165) is 41.4 Å². The van der Waals surface area contributed by atoms with Crippen molar-refractivity contribution in [2.45, 2.75) is 12.8 Å². The van der Waals surface area contributed by atoms with Crippen LogP contribution < -0.4 is 5.73 Å². The van der Waals surface area contributed by atoms with E-state index >= 15 is 0 Å². The van der Waals surface area contributed by atoms with E-state index in [4.69, 9.17) is 10.5 Å². The molecule has 4 nitrogen and oxygen atoms in total. The van der Waals surface area contributed by atoms with Gasteiger partial charge in [-0.25, -0.2) is 0 Å². The molecular formula is C20H19N3OS2. The van der Waals surface area contributed by atoms with Crippen molar-refractivity contribution in [1.29, 1.82) is 5.26 Å². The summed E-state index contributed by atoms with van der Waals surface area (Å²) in [6.07, 6.45) is 2.18. The molecule has 0 radical (unpaired) electrons. The number of allylic oxidation sites excluding steroid dienone is 1. The normalized spacial score (nSPS) is 22.3. The van der Waals surface area contributed by atoms with Crippen molar-refractivity contribution in [3.05, 3.63) is 73.1 Å². The second-order valence-corrected chi connectivity index (χ2v) is 8.24. The number of rotatable bonds is 3. The fraction of sp³-hybridized carbons (Fsp3) is 0.250. The van der Waals surface area contributed by atoms with Gasteiger partial charge in [0.05, 0.1) is 5.92 Å². The molecule has 132 valence electrons. The molecule has 2 aliphatic rings. The summed E-state index contributed by atoms with van der Waals surface area (Å²) in [5, 5.41) is 13.8. The summed E-state index contributed by atoms with van der Waals surface area (Å²) < 4.78 is 6.01. The minimum absolute atomic E-state index is 0.121. The summed E-state index contributed by atoms with van der Waals surface area (Å²) in [4.78, 5) is 4.70. The van der Waals surface area contributed by atoms with Gasteiger partial charge in [0.1, 0.15) is 17.4 Å². The highest BCUT2D eigenvalue weighted by Gasteiger charge is 2.37. The van der Waals surface area contributed by atoms with E-state index in [1.165, 1.54) is 4.88 Å². The SMILES string of the molecule is CCN1CC2=C(OC(N)=C(C#N)[C@@H]2c2cccs2)/C(=C\c2cccs2)C1. The summed E-state index contributed by atoms with van der Waals surface area (Å²) in [6.45, 7) is 4.71. The van der Waals surface area contributed by atoms with Crippen LogP contribution in [0.3, 0.4) is 0 Å². The first-order valence-corrected chi connectivity index (χ1v) is 10.3. The molecule has 0 aromatic carbocycles. The van der Waals surface area contributed by atoms with Gasteiger partial charge in [0, 0.05) is 34.0 Å². The molecule has 0 saturated carbocycles. The van der Waals surface area contributed by atoms with E-state index in [1.807, 2.05) is 17.5 Å². The van der Waals surface area contributed by atoms with Crippen molar-refractivity contribution in [2.75, 3.05) is 19.6 Å². The molecule has 2 aliphatic heterocycles. The molecule has 26 heavy (non-hydrogen) atoms. The predicted molar refractivity (Wildman–Crippen MR) is 106 cm³/mol. The van der Waals surface area contributed by atoms with Crippen molar-refractivity contribution >= 4 is 28.7 Å². The van der Waals surface area contributed by atoms with Crippen LogP contribution in [0.2, 0.25) is 0 Å². The molecule has 0 spiro atoms. The van der Waals surface area contributed by atoms with Crippen LogP contribution in [-0.4, -0.2) is 24.5 Å². The molecular weight excluding hydrogens is 362 g/mol. The monoisotopic (exact) mass is 381 g/mol. The third kappa shape index (κ3) is 2.99. The maximum Gasteiger partial charge on any atom is 0.205 e. The number of hydrogen-bond donors (Lipinski definition) is 1. The maximum atomic E-state index is 9.70. The van der Waals surface area contributed by atoms with Gasteiger partial charge in [-0.2, -0.15) is 5.26 Å². The molecule has 0 unspecified atom stereocenters. The minimum Gasteiger partial charge on any atom is -0.440 e. The Morgan fingerprint density at radius 1 is 1.31 bits per heavy atom. The quantitative estimate of drug-likeness (QED) is 0.861. The molecule has 0 fully saturated rings. The van der Waals surface area contributed by atoms with Crippen molar-refractivity contribution in [3.63, 3.8) is 0 Å². The molecule has 0 bridgehead atoms. The highest BCUT2D eigenvalue weighted by atomic mass is 32.1. The summed E-state index contributed by atoms with van der Waals surface area (Å²) >= 11 is 3.36. The number of nitrogens with two attached hydrogens (primary N) is 1. The molecule has 0 aliphatic carbocycles. The standard InChI is InChI=1S/C20H19N3OS2/c1-2-23-11-13(9-14-5-3-7-25-14)19-16(12-23)18(17-6-4-8-26-17)15(10-21)20(22)24-19/h3-9,18H,2,11-12,22H2,1H3/b13-9-/t18-/m0/s1. The number of thiophene rings is 2. The summed E-state index contributed by atoms with van der Waals surface area (Å²) in [5.41, 5.74) is 8.93. The van der Waals surface area contributed by atoms with Crippen LogP contribution in [0.4, 0.5) is 0 Å².